The Kier molecular flexibility index (Phi) is 13.1. The highest BCUT2D eigenvalue weighted by Gasteiger charge is 2.40. The van der Waals surface area contributed by atoms with Crippen LogP contribution in [0.15, 0.2) is 0 Å². The fraction of sp³-hybridized carbons (Fsp3) is 0.850. The molecule has 0 radical (unpaired) electrons. The van der Waals surface area contributed by atoms with Crippen LogP contribution in [0.3, 0.4) is 0 Å². The summed E-state index contributed by atoms with van der Waals surface area (Å²) in [7, 11) is -3.43. The number of esters is 1. The van der Waals surface area contributed by atoms with E-state index in [4.69, 9.17) is 9.26 Å². The lowest BCUT2D eigenvalue weighted by Crippen LogP contribution is -2.44. The number of unbranched alkanes of at least 4 members (excludes halogenated alkanes) is 5. The summed E-state index contributed by atoms with van der Waals surface area (Å²) in [5.41, 5.74) is 2.60. The Morgan fingerprint density at radius 1 is 0.931 bits per heavy atom. The molecule has 2 atom stereocenters. The van der Waals surface area contributed by atoms with Gasteiger partial charge in [-0.2, -0.15) is 0 Å². The highest BCUT2D eigenvalue weighted by molar-refractivity contribution is 7.60. The van der Waals surface area contributed by atoms with Gasteiger partial charge in [-0.25, -0.2) is 0 Å². The Labute approximate surface area is 175 Å². The minimum atomic E-state index is -3.43. The van der Waals surface area contributed by atoms with E-state index in [0.29, 0.717) is 6.42 Å². The van der Waals surface area contributed by atoms with E-state index in [9.17, 15) is 18.9 Å². The lowest BCUT2D eigenvalue weighted by Gasteiger charge is -2.27. The predicted molar refractivity (Wildman–Crippen MR) is 114 cm³/mol. The molecule has 0 aromatic heterocycles. The summed E-state index contributed by atoms with van der Waals surface area (Å²) in [4.78, 5) is 36.5. The fourth-order valence-corrected chi connectivity index (χ4v) is 4.28. The molecule has 170 valence electrons. The molecule has 2 unspecified atom stereocenters. The zero-order valence-corrected chi connectivity index (χ0v) is 19.7. The quantitative estimate of drug-likeness (QED) is 0.197. The number of hydrazine groups is 1. The first-order chi connectivity index (χ1) is 13.4. The molecule has 0 fully saturated rings. The molecule has 0 spiro atoms. The Hall–Kier alpha value is -1.40. The highest BCUT2D eigenvalue weighted by Crippen LogP contribution is 2.50. The molecule has 29 heavy (non-hydrogen) atoms. The monoisotopic (exact) mass is 434 g/mol. The number of ether oxygens (including phenoxy) is 1. The van der Waals surface area contributed by atoms with Gasteiger partial charge in [0, 0.05) is 13.1 Å². The molecule has 8 nitrogen and oxygen atoms in total. The summed E-state index contributed by atoms with van der Waals surface area (Å²) in [6.07, 6.45) is 6.25. The third-order valence-corrected chi connectivity index (χ3v) is 6.40. The van der Waals surface area contributed by atoms with Crippen molar-refractivity contribution < 1.29 is 28.2 Å². The van der Waals surface area contributed by atoms with Crippen molar-refractivity contribution in [1.29, 1.82) is 0 Å². The predicted octanol–water partition coefficient (Wildman–Crippen LogP) is 3.93. The molecular weight excluding hydrogens is 395 g/mol. The third-order valence-electron chi connectivity index (χ3n) is 4.11. The number of hydrogen-bond donors (Lipinski definition) is 2. The second-order valence-corrected chi connectivity index (χ2v) is 10.9. The zero-order valence-electron chi connectivity index (χ0n) is 18.8. The summed E-state index contributed by atoms with van der Waals surface area (Å²) in [5, 5.41) is 0. The van der Waals surface area contributed by atoms with Crippen molar-refractivity contribution >= 4 is 25.2 Å². The third kappa shape index (κ3) is 13.4. The lowest BCUT2D eigenvalue weighted by molar-refractivity contribution is -0.155. The minimum absolute atomic E-state index is 0.143. The van der Waals surface area contributed by atoms with Crippen LogP contribution in [0.4, 0.5) is 0 Å². The van der Waals surface area contributed by atoms with Gasteiger partial charge in [-0.15, -0.1) is 0 Å². The van der Waals surface area contributed by atoms with Gasteiger partial charge in [0.1, 0.15) is 11.3 Å². The molecule has 0 aliphatic heterocycles. The Balaban J connectivity index is 4.61. The van der Waals surface area contributed by atoms with Gasteiger partial charge < -0.3 is 9.26 Å². The van der Waals surface area contributed by atoms with Crippen molar-refractivity contribution in [3.05, 3.63) is 0 Å². The Morgan fingerprint density at radius 2 is 1.48 bits per heavy atom. The molecule has 0 saturated carbocycles. The molecule has 0 aliphatic rings. The van der Waals surface area contributed by atoms with E-state index >= 15 is 0 Å². The molecule has 0 aromatic rings. The summed E-state index contributed by atoms with van der Waals surface area (Å²) in [6, 6.07) is 0. The van der Waals surface area contributed by atoms with Gasteiger partial charge in [0.15, 0.2) is 0 Å². The van der Waals surface area contributed by atoms with Gasteiger partial charge in [0.05, 0.1) is 13.0 Å². The van der Waals surface area contributed by atoms with Crippen molar-refractivity contribution in [3.8, 4) is 0 Å². The summed E-state index contributed by atoms with van der Waals surface area (Å²) in [6.45, 7) is 10.3. The van der Waals surface area contributed by atoms with E-state index < -0.39 is 36.9 Å². The first-order valence-electron chi connectivity index (χ1n) is 10.4. The maximum atomic E-state index is 12.8. The standard InChI is InChI=1S/C20H39N2O6P/c1-7-9-10-11-12-13-14-17(23)21-22-18(24)15-16(29(6,26)27-8-2)19(25)28-20(3,4)5/h16H,7-15H2,1-6H3,(H,21,23)(H,22,24). The largest absolute Gasteiger partial charge is 0.459 e. The first-order valence-corrected chi connectivity index (χ1v) is 12.6. The van der Waals surface area contributed by atoms with E-state index in [0.717, 1.165) is 25.7 Å². The zero-order chi connectivity index (χ0) is 22.5. The average molecular weight is 435 g/mol. The van der Waals surface area contributed by atoms with Gasteiger partial charge in [-0.1, -0.05) is 39.0 Å². The van der Waals surface area contributed by atoms with Gasteiger partial charge in [0.25, 0.3) is 0 Å². The summed E-state index contributed by atoms with van der Waals surface area (Å²) in [5.74, 6) is -1.68. The topological polar surface area (TPSA) is 111 Å². The van der Waals surface area contributed by atoms with Crippen molar-refractivity contribution in [3.63, 3.8) is 0 Å². The normalized spacial score (nSPS) is 14.6. The molecule has 0 heterocycles. The summed E-state index contributed by atoms with van der Waals surface area (Å²) >= 11 is 0. The van der Waals surface area contributed by atoms with Crippen LogP contribution in [0.25, 0.3) is 0 Å². The number of nitrogens with one attached hydrogen (secondary N) is 2. The van der Waals surface area contributed by atoms with Crippen molar-refractivity contribution in [2.45, 2.75) is 97.2 Å². The highest BCUT2D eigenvalue weighted by atomic mass is 31.2. The van der Waals surface area contributed by atoms with Gasteiger partial charge in [-0.3, -0.25) is 29.8 Å². The van der Waals surface area contributed by atoms with Crippen molar-refractivity contribution in [2.24, 2.45) is 0 Å². The first kappa shape index (κ1) is 27.6. The second kappa shape index (κ2) is 13.8. The molecule has 0 saturated heterocycles. The van der Waals surface area contributed by atoms with Crippen LogP contribution >= 0.6 is 7.37 Å². The van der Waals surface area contributed by atoms with E-state index in [2.05, 4.69) is 17.8 Å². The van der Waals surface area contributed by atoms with Crippen LogP contribution < -0.4 is 10.9 Å². The molecule has 0 aliphatic carbocycles. The van der Waals surface area contributed by atoms with Crippen LogP contribution in [0.1, 0.15) is 86.0 Å². The van der Waals surface area contributed by atoms with E-state index in [1.165, 1.54) is 19.5 Å². The molecule has 2 amide bonds. The van der Waals surface area contributed by atoms with Crippen LogP contribution in [-0.2, 0) is 28.2 Å². The Bertz CT molecular complexity index is 574. The van der Waals surface area contributed by atoms with Crippen LogP contribution in [0.2, 0.25) is 0 Å². The lowest BCUT2D eigenvalue weighted by atomic mass is 10.1. The number of carbonyl (C=O) groups is 3. The van der Waals surface area contributed by atoms with Crippen LogP contribution in [0.5, 0.6) is 0 Å². The Morgan fingerprint density at radius 3 is 2.03 bits per heavy atom. The van der Waals surface area contributed by atoms with Crippen molar-refractivity contribution in [2.75, 3.05) is 13.3 Å². The van der Waals surface area contributed by atoms with Crippen LogP contribution in [0, 0.1) is 0 Å². The second-order valence-electron chi connectivity index (χ2n) is 8.19. The minimum Gasteiger partial charge on any atom is -0.459 e. The summed E-state index contributed by atoms with van der Waals surface area (Å²) < 4.78 is 23.3. The fourth-order valence-electron chi connectivity index (χ4n) is 2.65. The number of amides is 2. The number of carbonyl (C=O) groups excluding carboxylic acids is 3. The molecule has 0 aromatic carbocycles. The van der Waals surface area contributed by atoms with Gasteiger partial charge >= 0.3 is 5.97 Å². The van der Waals surface area contributed by atoms with Gasteiger partial charge in [-0.05, 0) is 34.1 Å². The average Bonchev–Trinajstić information content (AvgIpc) is 2.59. The maximum Gasteiger partial charge on any atom is 0.319 e. The molecule has 0 bridgehead atoms. The van der Waals surface area contributed by atoms with Gasteiger partial charge in [0.2, 0.25) is 19.2 Å². The SMILES string of the molecule is CCCCCCCCC(=O)NNC(=O)CC(C(=O)OC(C)(C)C)P(C)(=O)OCC. The van der Waals surface area contributed by atoms with Crippen molar-refractivity contribution in [1.82, 2.24) is 10.9 Å². The number of hydrogen-bond acceptors (Lipinski definition) is 6. The molecular formula is C20H39N2O6P. The molecule has 0 rings (SSSR count). The maximum absolute atomic E-state index is 12.8. The van der Waals surface area contributed by atoms with E-state index in [1.807, 2.05) is 0 Å². The molecule has 9 heteroatoms. The van der Waals surface area contributed by atoms with E-state index in [-0.39, 0.29) is 12.5 Å². The number of rotatable bonds is 13. The smallest absolute Gasteiger partial charge is 0.319 e. The van der Waals surface area contributed by atoms with Crippen LogP contribution in [-0.4, -0.2) is 42.3 Å². The molecule has 2 N–H and O–H groups in total. The van der Waals surface area contributed by atoms with E-state index in [1.54, 1.807) is 27.7 Å².